The van der Waals surface area contributed by atoms with Crippen LogP contribution in [0.1, 0.15) is 23.7 Å². The van der Waals surface area contributed by atoms with Crippen molar-refractivity contribution < 1.29 is 32.2 Å². The van der Waals surface area contributed by atoms with Gasteiger partial charge >= 0.3 is 12.1 Å². The molecule has 1 heterocycles. The molecular weight excluding hydrogens is 421 g/mol. The number of benzene rings is 1. The van der Waals surface area contributed by atoms with Gasteiger partial charge in [0.1, 0.15) is 16.3 Å². The van der Waals surface area contributed by atoms with Gasteiger partial charge in [0, 0.05) is 17.5 Å². The van der Waals surface area contributed by atoms with Gasteiger partial charge in [-0.1, -0.05) is 12.1 Å². The van der Waals surface area contributed by atoms with Crippen molar-refractivity contribution in [2.75, 3.05) is 39.2 Å². The first-order valence-electron chi connectivity index (χ1n) is 9.12. The second kappa shape index (κ2) is 10.4. The lowest BCUT2D eigenvalue weighted by atomic mass is 10.0. The van der Waals surface area contributed by atoms with Gasteiger partial charge in [-0.05, 0) is 31.7 Å². The maximum Gasteiger partial charge on any atom is 0.390 e. The van der Waals surface area contributed by atoms with Crippen molar-refractivity contribution in [3.8, 4) is 16.9 Å². The zero-order valence-corrected chi connectivity index (χ0v) is 17.7. The number of likely N-dealkylation sites (N-methyl/N-ethyl adjacent to an activating group) is 1. The van der Waals surface area contributed by atoms with Crippen LogP contribution in [0.3, 0.4) is 0 Å². The van der Waals surface area contributed by atoms with Crippen LogP contribution in [-0.2, 0) is 9.53 Å². The lowest BCUT2D eigenvalue weighted by Gasteiger charge is -2.17. The summed E-state index contributed by atoms with van der Waals surface area (Å²) in [6.07, 6.45) is -5.30. The Morgan fingerprint density at radius 1 is 1.20 bits per heavy atom. The van der Waals surface area contributed by atoms with Crippen LogP contribution in [0.25, 0.3) is 11.1 Å². The van der Waals surface area contributed by atoms with E-state index in [9.17, 15) is 22.8 Å². The van der Waals surface area contributed by atoms with E-state index in [4.69, 9.17) is 9.47 Å². The first-order chi connectivity index (χ1) is 14.1. The number of hydrogen-bond acceptors (Lipinski definition) is 6. The third kappa shape index (κ3) is 6.74. The Kier molecular flexibility index (Phi) is 8.24. The summed E-state index contributed by atoms with van der Waals surface area (Å²) in [7, 11) is 2.97. The van der Waals surface area contributed by atoms with Gasteiger partial charge < -0.3 is 14.8 Å². The summed E-state index contributed by atoms with van der Waals surface area (Å²) in [4.78, 5) is 26.1. The van der Waals surface area contributed by atoms with Gasteiger partial charge in [-0.25, -0.2) is 4.79 Å². The van der Waals surface area contributed by atoms with Gasteiger partial charge in [-0.15, -0.1) is 11.3 Å². The van der Waals surface area contributed by atoms with Crippen LogP contribution in [0.2, 0.25) is 0 Å². The summed E-state index contributed by atoms with van der Waals surface area (Å²) in [6.45, 7) is 1.28. The Morgan fingerprint density at radius 2 is 1.87 bits per heavy atom. The van der Waals surface area contributed by atoms with Crippen molar-refractivity contribution in [3.63, 3.8) is 0 Å². The van der Waals surface area contributed by atoms with Crippen molar-refractivity contribution in [2.24, 2.45) is 0 Å². The number of carbonyl (C=O) groups excluding carboxylic acids is 2. The maximum atomic E-state index is 12.5. The van der Waals surface area contributed by atoms with E-state index < -0.39 is 24.5 Å². The second-order valence-electron chi connectivity index (χ2n) is 6.45. The molecule has 0 saturated carbocycles. The Bertz CT molecular complexity index is 866. The fourth-order valence-electron chi connectivity index (χ4n) is 2.65. The van der Waals surface area contributed by atoms with Crippen molar-refractivity contribution in [2.45, 2.75) is 19.5 Å². The number of thiophene rings is 1. The molecule has 0 unspecified atom stereocenters. The van der Waals surface area contributed by atoms with E-state index >= 15 is 0 Å². The summed E-state index contributed by atoms with van der Waals surface area (Å²) in [5.41, 5.74) is 1.53. The van der Waals surface area contributed by atoms with E-state index in [0.717, 1.165) is 16.9 Å². The molecule has 2 aromatic rings. The first kappa shape index (κ1) is 23.7. The van der Waals surface area contributed by atoms with E-state index in [-0.39, 0.29) is 30.3 Å². The van der Waals surface area contributed by atoms with Crippen molar-refractivity contribution in [1.29, 1.82) is 0 Å². The Morgan fingerprint density at radius 3 is 2.43 bits per heavy atom. The standard InChI is InChI=1S/C20H23F3N2O4S/c1-4-29-19(27)17-15(13-5-7-14(28-3)8-6-13)12-30-18(17)24-16(26)11-25(2)10-9-20(21,22)23/h5-8,12H,4,9-11H2,1-3H3,(H,24,26). The van der Waals surface area contributed by atoms with Crippen LogP contribution in [0.15, 0.2) is 29.6 Å². The Labute approximate surface area is 176 Å². The minimum atomic E-state index is -4.29. The maximum absolute atomic E-state index is 12.5. The van der Waals surface area contributed by atoms with Crippen molar-refractivity contribution in [1.82, 2.24) is 4.90 Å². The van der Waals surface area contributed by atoms with Crippen LogP contribution < -0.4 is 10.1 Å². The number of nitrogens with zero attached hydrogens (tertiary/aromatic N) is 1. The number of methoxy groups -OCH3 is 1. The number of alkyl halides is 3. The molecule has 0 bridgehead atoms. The normalized spacial score (nSPS) is 11.4. The highest BCUT2D eigenvalue weighted by Crippen LogP contribution is 2.36. The molecule has 10 heteroatoms. The van der Waals surface area contributed by atoms with E-state index in [1.54, 1.807) is 43.7 Å². The second-order valence-corrected chi connectivity index (χ2v) is 7.33. The van der Waals surface area contributed by atoms with E-state index in [1.807, 2.05) is 0 Å². The van der Waals surface area contributed by atoms with Crippen LogP contribution in [-0.4, -0.2) is 56.8 Å². The number of anilines is 1. The minimum Gasteiger partial charge on any atom is -0.497 e. The van der Waals surface area contributed by atoms with Crippen LogP contribution in [0.5, 0.6) is 5.75 Å². The van der Waals surface area contributed by atoms with E-state index in [1.165, 1.54) is 11.9 Å². The SMILES string of the molecule is CCOC(=O)c1c(-c2ccc(OC)cc2)csc1NC(=O)CN(C)CCC(F)(F)F. The highest BCUT2D eigenvalue weighted by molar-refractivity contribution is 7.15. The number of carbonyl (C=O) groups is 2. The molecule has 0 radical (unpaired) electrons. The molecule has 0 aliphatic rings. The number of halogens is 3. The molecular formula is C20H23F3N2O4S. The number of nitrogens with one attached hydrogen (secondary N) is 1. The van der Waals surface area contributed by atoms with Gasteiger partial charge in [-0.2, -0.15) is 13.2 Å². The Balaban J connectivity index is 2.19. The predicted molar refractivity (Wildman–Crippen MR) is 109 cm³/mol. The summed E-state index contributed by atoms with van der Waals surface area (Å²) < 4.78 is 47.3. The smallest absolute Gasteiger partial charge is 0.390 e. The molecule has 1 N–H and O–H groups in total. The van der Waals surface area contributed by atoms with E-state index in [2.05, 4.69) is 5.32 Å². The molecule has 1 amide bonds. The van der Waals surface area contributed by atoms with Crippen LogP contribution in [0.4, 0.5) is 18.2 Å². The fourth-order valence-corrected chi connectivity index (χ4v) is 3.62. The molecule has 0 aliphatic carbocycles. The topological polar surface area (TPSA) is 67.9 Å². The summed E-state index contributed by atoms with van der Waals surface area (Å²) in [5.74, 6) is -0.458. The number of rotatable bonds is 9. The van der Waals surface area contributed by atoms with Crippen LogP contribution in [0, 0.1) is 0 Å². The lowest BCUT2D eigenvalue weighted by Crippen LogP contribution is -2.32. The number of ether oxygens (including phenoxy) is 2. The molecule has 1 aromatic heterocycles. The average Bonchev–Trinajstić information content (AvgIpc) is 3.09. The third-order valence-electron chi connectivity index (χ3n) is 4.12. The van der Waals surface area contributed by atoms with E-state index in [0.29, 0.717) is 11.3 Å². The average molecular weight is 444 g/mol. The molecule has 0 fully saturated rings. The summed E-state index contributed by atoms with van der Waals surface area (Å²) >= 11 is 1.15. The summed E-state index contributed by atoms with van der Waals surface area (Å²) in [6, 6.07) is 7.05. The predicted octanol–water partition coefficient (Wildman–Crippen LogP) is 4.42. The monoisotopic (exact) mass is 444 g/mol. The van der Waals surface area contributed by atoms with Gasteiger partial charge in [0.25, 0.3) is 0 Å². The highest BCUT2D eigenvalue weighted by atomic mass is 32.1. The Hall–Kier alpha value is -2.59. The van der Waals surface area contributed by atoms with Crippen LogP contribution >= 0.6 is 11.3 Å². The van der Waals surface area contributed by atoms with Gasteiger partial charge in [0.15, 0.2) is 0 Å². The van der Waals surface area contributed by atoms with Gasteiger partial charge in [0.05, 0.1) is 26.7 Å². The largest absolute Gasteiger partial charge is 0.497 e. The molecule has 2 rings (SSSR count). The number of hydrogen-bond donors (Lipinski definition) is 1. The van der Waals surface area contributed by atoms with Gasteiger partial charge in [0.2, 0.25) is 5.91 Å². The summed E-state index contributed by atoms with van der Waals surface area (Å²) in [5, 5.41) is 4.63. The molecule has 30 heavy (non-hydrogen) atoms. The van der Waals surface area contributed by atoms with Gasteiger partial charge in [-0.3, -0.25) is 9.69 Å². The molecule has 0 aliphatic heterocycles. The quantitative estimate of drug-likeness (QED) is 0.580. The first-order valence-corrected chi connectivity index (χ1v) is 10.0. The number of amides is 1. The molecule has 164 valence electrons. The third-order valence-corrected chi connectivity index (χ3v) is 5.01. The highest BCUT2D eigenvalue weighted by Gasteiger charge is 2.28. The number of esters is 1. The molecule has 1 aromatic carbocycles. The van der Waals surface area contributed by atoms with Crippen molar-refractivity contribution in [3.05, 3.63) is 35.2 Å². The minimum absolute atomic E-state index is 0.157. The molecule has 0 saturated heterocycles. The zero-order valence-electron chi connectivity index (χ0n) is 16.8. The molecule has 6 nitrogen and oxygen atoms in total. The zero-order chi connectivity index (χ0) is 22.3. The lowest BCUT2D eigenvalue weighted by molar-refractivity contribution is -0.138. The molecule has 0 atom stereocenters. The van der Waals surface area contributed by atoms with Crippen molar-refractivity contribution >= 4 is 28.2 Å². The molecule has 0 spiro atoms. The fraction of sp³-hybridized carbons (Fsp3) is 0.400.